The van der Waals surface area contributed by atoms with Crippen LogP contribution in [0, 0.1) is 0 Å². The Hall–Kier alpha value is -2.97. The average molecular weight is 589 g/mol. The van der Waals surface area contributed by atoms with Crippen LogP contribution in [0.3, 0.4) is 0 Å². The van der Waals surface area contributed by atoms with Gasteiger partial charge >= 0.3 is 6.09 Å². The lowest BCUT2D eigenvalue weighted by atomic mass is 10.0. The Labute approximate surface area is 253 Å². The van der Waals surface area contributed by atoms with E-state index in [2.05, 4.69) is 76.2 Å². The number of hydroxylamine groups is 2. The van der Waals surface area contributed by atoms with Crippen LogP contribution in [0.1, 0.15) is 66.9 Å². The smallest absolute Gasteiger partial charge is 0.410 e. The van der Waals surface area contributed by atoms with Crippen molar-refractivity contribution in [3.05, 3.63) is 96.6 Å². The summed E-state index contributed by atoms with van der Waals surface area (Å²) in [4.78, 5) is 15.5. The minimum atomic E-state index is -2.84. The molecule has 3 atom stereocenters. The largest absolute Gasteiger partial charge is 0.444 e. The Morgan fingerprint density at radius 3 is 1.86 bits per heavy atom. The summed E-state index contributed by atoms with van der Waals surface area (Å²) in [6.45, 7) is 15.3. The van der Waals surface area contributed by atoms with E-state index in [1.165, 1.54) is 15.4 Å². The van der Waals surface area contributed by atoms with E-state index < -0.39 is 13.9 Å². The molecule has 6 nitrogen and oxygen atoms in total. The molecule has 1 aliphatic rings. The topological polar surface area (TPSA) is 62.2 Å². The van der Waals surface area contributed by atoms with E-state index in [0.29, 0.717) is 25.9 Å². The van der Waals surface area contributed by atoms with Gasteiger partial charge in [0.2, 0.25) is 0 Å². The van der Waals surface area contributed by atoms with Gasteiger partial charge in [-0.3, -0.25) is 0 Å². The molecule has 0 bridgehead atoms. The van der Waals surface area contributed by atoms with Gasteiger partial charge in [0.1, 0.15) is 5.60 Å². The van der Waals surface area contributed by atoms with E-state index >= 15 is 0 Å². The van der Waals surface area contributed by atoms with Crippen molar-refractivity contribution in [3.63, 3.8) is 0 Å². The van der Waals surface area contributed by atoms with Crippen molar-refractivity contribution in [2.24, 2.45) is 0 Å². The molecule has 42 heavy (non-hydrogen) atoms. The van der Waals surface area contributed by atoms with Crippen LogP contribution in [-0.2, 0) is 15.7 Å². The molecule has 0 aromatic heterocycles. The molecule has 1 N–H and O–H groups in total. The summed E-state index contributed by atoms with van der Waals surface area (Å²) in [7, 11) is -2.84. The van der Waals surface area contributed by atoms with Gasteiger partial charge in [-0.1, -0.05) is 119 Å². The van der Waals surface area contributed by atoms with Crippen LogP contribution < -0.4 is 10.4 Å². The quantitative estimate of drug-likeness (QED) is 0.225. The highest BCUT2D eigenvalue weighted by atomic mass is 28.4. The number of nitrogens with zero attached hydrogens (tertiary/aromatic N) is 2. The first kappa shape index (κ1) is 32.0. The van der Waals surface area contributed by atoms with Crippen LogP contribution in [0.5, 0.6) is 0 Å². The predicted octanol–water partition coefficient (Wildman–Crippen LogP) is 6.61. The van der Waals surface area contributed by atoms with Crippen molar-refractivity contribution >= 4 is 24.8 Å². The zero-order valence-electron chi connectivity index (χ0n) is 26.3. The first-order valence-electron chi connectivity index (χ1n) is 15.1. The molecule has 0 saturated carbocycles. The van der Waals surface area contributed by atoms with Crippen molar-refractivity contribution in [1.29, 1.82) is 0 Å². The zero-order chi connectivity index (χ0) is 30.5. The predicted molar refractivity (Wildman–Crippen MR) is 172 cm³/mol. The summed E-state index contributed by atoms with van der Waals surface area (Å²) in [5.74, 6) is 0. The molecule has 3 aromatic rings. The number of hydrogen-bond acceptors (Lipinski definition) is 5. The first-order chi connectivity index (χ1) is 19.9. The van der Waals surface area contributed by atoms with E-state index in [1.807, 2.05) is 63.2 Å². The third kappa shape index (κ3) is 7.14. The number of amides is 1. The van der Waals surface area contributed by atoms with Gasteiger partial charge in [-0.15, -0.1) is 0 Å². The number of rotatable bonds is 9. The molecule has 1 heterocycles. The van der Waals surface area contributed by atoms with Gasteiger partial charge in [-0.05, 0) is 54.6 Å². The fraction of sp³-hybridized carbons (Fsp3) is 0.457. The minimum absolute atomic E-state index is 0.189. The number of hydrogen-bond donors (Lipinski definition) is 1. The monoisotopic (exact) mass is 588 g/mol. The molecular weight excluding hydrogens is 540 g/mol. The number of ether oxygens (including phenoxy) is 1. The van der Waals surface area contributed by atoms with E-state index in [4.69, 9.17) is 9.16 Å². The van der Waals surface area contributed by atoms with Crippen LogP contribution in [0.15, 0.2) is 91.0 Å². The maximum absolute atomic E-state index is 13.7. The minimum Gasteiger partial charge on any atom is -0.444 e. The highest BCUT2D eigenvalue weighted by Gasteiger charge is 2.54. The molecule has 3 aromatic carbocycles. The van der Waals surface area contributed by atoms with Crippen LogP contribution in [0.25, 0.3) is 0 Å². The molecule has 0 radical (unpaired) electrons. The molecule has 1 amide bonds. The Balaban J connectivity index is 1.73. The highest BCUT2D eigenvalue weighted by molar-refractivity contribution is 6.99. The van der Waals surface area contributed by atoms with Crippen LogP contribution in [0.2, 0.25) is 5.04 Å². The second-order valence-electron chi connectivity index (χ2n) is 13.4. The van der Waals surface area contributed by atoms with Gasteiger partial charge in [0.05, 0.1) is 18.2 Å². The molecule has 0 aliphatic carbocycles. The van der Waals surface area contributed by atoms with E-state index in [9.17, 15) is 10.0 Å². The molecule has 4 rings (SSSR count). The summed E-state index contributed by atoms with van der Waals surface area (Å²) in [6, 6.07) is 30.5. The maximum Gasteiger partial charge on any atom is 0.410 e. The van der Waals surface area contributed by atoms with Crippen molar-refractivity contribution in [2.45, 2.75) is 96.7 Å². The fourth-order valence-electron chi connectivity index (χ4n) is 6.32. The molecular formula is C35H48N2O4Si. The average Bonchev–Trinajstić information content (AvgIpc) is 3.35. The highest BCUT2D eigenvalue weighted by Crippen LogP contribution is 2.40. The number of carbonyl (C=O) groups is 1. The molecule has 1 fully saturated rings. The molecule has 0 spiro atoms. The molecule has 7 heteroatoms. The van der Waals surface area contributed by atoms with Crippen molar-refractivity contribution in [3.8, 4) is 0 Å². The second kappa shape index (κ2) is 13.1. The number of benzene rings is 3. The Morgan fingerprint density at radius 1 is 0.905 bits per heavy atom. The summed E-state index contributed by atoms with van der Waals surface area (Å²) >= 11 is 0. The third-order valence-corrected chi connectivity index (χ3v) is 13.2. The van der Waals surface area contributed by atoms with Crippen molar-refractivity contribution in [2.75, 3.05) is 6.54 Å². The number of carbonyl (C=O) groups excluding carboxylic acids is 1. The van der Waals surface area contributed by atoms with E-state index in [-0.39, 0.29) is 29.3 Å². The maximum atomic E-state index is 13.7. The van der Waals surface area contributed by atoms with Gasteiger partial charge in [0.25, 0.3) is 8.32 Å². The van der Waals surface area contributed by atoms with Gasteiger partial charge in [0.15, 0.2) is 0 Å². The SMILES string of the molecule is CC[C@H]([C@@H]1C[C@@H](O[Si](c2ccccc2)(c2ccccc2)C(C)(C)C)CN1C(=O)OC(C)(C)C)N(O)Cc1ccccc1. The lowest BCUT2D eigenvalue weighted by Crippen LogP contribution is -2.67. The normalized spacial score (nSPS) is 18.7. The lowest BCUT2D eigenvalue weighted by molar-refractivity contribution is -0.151. The number of likely N-dealkylation sites (tertiary alicyclic amines) is 1. The van der Waals surface area contributed by atoms with E-state index in [0.717, 1.165) is 5.56 Å². The summed E-state index contributed by atoms with van der Waals surface area (Å²) in [5, 5.41) is 15.0. The summed E-state index contributed by atoms with van der Waals surface area (Å²) in [6.07, 6.45) is 0.674. The van der Waals surface area contributed by atoms with Crippen molar-refractivity contribution in [1.82, 2.24) is 9.96 Å². The van der Waals surface area contributed by atoms with Crippen molar-refractivity contribution < 1.29 is 19.2 Å². The van der Waals surface area contributed by atoms with Crippen LogP contribution in [-0.4, -0.2) is 59.9 Å². The van der Waals surface area contributed by atoms with Gasteiger partial charge in [0, 0.05) is 13.1 Å². The zero-order valence-corrected chi connectivity index (χ0v) is 27.3. The molecule has 1 aliphatic heterocycles. The van der Waals surface area contributed by atoms with Gasteiger partial charge in [-0.2, -0.15) is 5.06 Å². The Bertz CT molecular complexity index is 1240. The van der Waals surface area contributed by atoms with E-state index in [1.54, 1.807) is 4.90 Å². The summed E-state index contributed by atoms with van der Waals surface area (Å²) in [5.41, 5.74) is 0.379. The first-order valence-corrected chi connectivity index (χ1v) is 17.0. The lowest BCUT2D eigenvalue weighted by Gasteiger charge is -2.44. The van der Waals surface area contributed by atoms with Crippen LogP contribution in [0.4, 0.5) is 4.79 Å². The Kier molecular flexibility index (Phi) is 9.98. The fourth-order valence-corrected chi connectivity index (χ4v) is 11.0. The second-order valence-corrected chi connectivity index (χ2v) is 17.7. The standard InChI is InChI=1S/C35H48N2O4Si/c1-8-31(37(39)25-27-18-12-9-13-19-27)32-24-28(26-36(32)33(38)40-34(2,3)4)41-42(35(5,6)7,29-20-14-10-15-21-29)30-22-16-11-17-23-30/h9-23,28,31-32,39H,8,24-26H2,1-7H3/t28-,31-,32+/m1/s1. The summed E-state index contributed by atoms with van der Waals surface area (Å²) < 4.78 is 13.4. The van der Waals surface area contributed by atoms with Gasteiger partial charge < -0.3 is 19.3 Å². The van der Waals surface area contributed by atoms with Gasteiger partial charge in [-0.25, -0.2) is 4.79 Å². The molecule has 0 unspecified atom stereocenters. The Morgan fingerprint density at radius 2 is 1.40 bits per heavy atom. The van der Waals surface area contributed by atoms with Crippen LogP contribution >= 0.6 is 0 Å². The molecule has 1 saturated heterocycles. The molecule has 226 valence electrons. The third-order valence-electron chi connectivity index (χ3n) is 8.13.